The van der Waals surface area contributed by atoms with Gasteiger partial charge in [0.05, 0.1) is 5.69 Å². The summed E-state index contributed by atoms with van der Waals surface area (Å²) in [5, 5.41) is 0. The van der Waals surface area contributed by atoms with Crippen LogP contribution in [0.4, 0.5) is 4.39 Å². The van der Waals surface area contributed by atoms with Crippen LogP contribution in [-0.2, 0) is 5.41 Å². The predicted octanol–water partition coefficient (Wildman–Crippen LogP) is 5.77. The van der Waals surface area contributed by atoms with Gasteiger partial charge in [-0.2, -0.15) is 0 Å². The molecule has 0 fully saturated rings. The van der Waals surface area contributed by atoms with E-state index in [1.54, 1.807) is 18.5 Å². The molecule has 162 valence electrons. The molecular weight excluding hydrogens is 417 g/mol. The number of para-hydroxylation sites is 1. The topological polar surface area (TPSA) is 76.6 Å². The fourth-order valence-electron chi connectivity index (χ4n) is 4.61. The molecule has 2 aromatic carbocycles. The molecule has 0 aliphatic carbocycles. The second-order valence-electron chi connectivity index (χ2n) is 8.69. The van der Waals surface area contributed by atoms with Crippen LogP contribution in [0.25, 0.3) is 22.6 Å². The standard InChI is InChI=1S/C26H20FN5O/c1-26(2,25-31-22-23(32-25)29-14-13-28-22)20-16-9-6-10-18(27)21(16)33-24-17(20)11-12-19(30-24)15-7-4-3-5-8-15/h3-14,20H,1-2H3,(H,28,29,31,32). The van der Waals surface area contributed by atoms with Crippen LogP contribution in [0.1, 0.15) is 36.7 Å². The molecule has 0 bridgehead atoms. The van der Waals surface area contributed by atoms with E-state index in [-0.39, 0.29) is 11.7 Å². The molecule has 1 aliphatic rings. The Bertz CT molecular complexity index is 1460. The third-order valence-corrected chi connectivity index (χ3v) is 6.24. The van der Waals surface area contributed by atoms with Crippen molar-refractivity contribution in [3.05, 3.63) is 95.8 Å². The molecule has 7 heteroatoms. The zero-order valence-corrected chi connectivity index (χ0v) is 18.1. The summed E-state index contributed by atoms with van der Waals surface area (Å²) in [5.41, 5.74) is 3.95. The lowest BCUT2D eigenvalue weighted by Crippen LogP contribution is -2.32. The lowest BCUT2D eigenvalue weighted by molar-refractivity contribution is 0.353. The number of nitrogens with zero attached hydrogens (tertiary/aromatic N) is 4. The summed E-state index contributed by atoms with van der Waals surface area (Å²) in [6.45, 7) is 4.15. The highest BCUT2D eigenvalue weighted by molar-refractivity contribution is 5.66. The Morgan fingerprint density at radius 1 is 0.879 bits per heavy atom. The lowest BCUT2D eigenvalue weighted by atomic mass is 9.69. The molecule has 0 saturated heterocycles. The number of ether oxygens (including phenoxy) is 1. The van der Waals surface area contributed by atoms with Crippen molar-refractivity contribution >= 4 is 11.3 Å². The smallest absolute Gasteiger partial charge is 0.223 e. The third kappa shape index (κ3) is 3.08. The molecule has 1 atom stereocenters. The van der Waals surface area contributed by atoms with Gasteiger partial charge in [-0.1, -0.05) is 62.4 Å². The minimum absolute atomic E-state index is 0.202. The molecule has 5 aromatic rings. The first-order valence-electron chi connectivity index (χ1n) is 10.7. The van der Waals surface area contributed by atoms with E-state index in [0.29, 0.717) is 23.0 Å². The molecule has 33 heavy (non-hydrogen) atoms. The van der Waals surface area contributed by atoms with E-state index in [9.17, 15) is 4.39 Å². The SMILES string of the molecule is CC(C)(c1nc2nccnc2[nH]1)C1c2ccc(-c3ccccc3)nc2Oc2c(F)cccc21. The monoisotopic (exact) mass is 437 g/mol. The Labute approximate surface area is 189 Å². The van der Waals surface area contributed by atoms with Gasteiger partial charge in [-0.3, -0.25) is 0 Å². The normalized spacial score (nSPS) is 15.1. The summed E-state index contributed by atoms with van der Waals surface area (Å²) in [6, 6.07) is 18.9. The zero-order valence-electron chi connectivity index (χ0n) is 18.1. The number of benzene rings is 2. The molecule has 3 aromatic heterocycles. The first-order chi connectivity index (χ1) is 16.0. The number of nitrogens with one attached hydrogen (secondary N) is 1. The van der Waals surface area contributed by atoms with Crippen molar-refractivity contribution in [2.24, 2.45) is 0 Å². The van der Waals surface area contributed by atoms with E-state index in [4.69, 9.17) is 14.7 Å². The van der Waals surface area contributed by atoms with Crippen molar-refractivity contribution < 1.29 is 9.13 Å². The fraction of sp³-hybridized carbons (Fsp3) is 0.154. The fourth-order valence-corrected chi connectivity index (χ4v) is 4.61. The summed E-state index contributed by atoms with van der Waals surface area (Å²) < 4.78 is 21.0. The molecule has 1 aliphatic heterocycles. The van der Waals surface area contributed by atoms with E-state index < -0.39 is 11.2 Å². The molecule has 4 heterocycles. The van der Waals surface area contributed by atoms with Crippen LogP contribution < -0.4 is 4.74 Å². The largest absolute Gasteiger partial charge is 0.435 e. The highest BCUT2D eigenvalue weighted by Gasteiger charge is 2.43. The molecule has 0 radical (unpaired) electrons. The number of fused-ring (bicyclic) bond motifs is 3. The van der Waals surface area contributed by atoms with Gasteiger partial charge in [0, 0.05) is 40.4 Å². The van der Waals surface area contributed by atoms with Crippen molar-refractivity contribution in [1.82, 2.24) is 24.9 Å². The van der Waals surface area contributed by atoms with Gasteiger partial charge in [0.1, 0.15) is 5.82 Å². The van der Waals surface area contributed by atoms with E-state index in [0.717, 1.165) is 22.4 Å². The van der Waals surface area contributed by atoms with Crippen LogP contribution in [0, 0.1) is 5.82 Å². The minimum atomic E-state index is -0.570. The maximum Gasteiger partial charge on any atom is 0.223 e. The van der Waals surface area contributed by atoms with Gasteiger partial charge >= 0.3 is 0 Å². The van der Waals surface area contributed by atoms with Gasteiger partial charge in [0.2, 0.25) is 5.88 Å². The lowest BCUT2D eigenvalue weighted by Gasteiger charge is -2.37. The van der Waals surface area contributed by atoms with Crippen LogP contribution in [0.2, 0.25) is 0 Å². The van der Waals surface area contributed by atoms with Gasteiger partial charge in [-0.15, -0.1) is 0 Å². The average molecular weight is 437 g/mol. The van der Waals surface area contributed by atoms with Gasteiger partial charge < -0.3 is 9.72 Å². The van der Waals surface area contributed by atoms with Crippen LogP contribution in [0.15, 0.2) is 73.1 Å². The van der Waals surface area contributed by atoms with E-state index in [1.165, 1.54) is 6.07 Å². The summed E-state index contributed by atoms with van der Waals surface area (Å²) >= 11 is 0. The number of hydrogen-bond acceptors (Lipinski definition) is 5. The number of aromatic nitrogens is 5. The number of hydrogen-bond donors (Lipinski definition) is 1. The van der Waals surface area contributed by atoms with Crippen LogP contribution in [-0.4, -0.2) is 24.9 Å². The van der Waals surface area contributed by atoms with Crippen LogP contribution in [0.5, 0.6) is 11.6 Å². The van der Waals surface area contributed by atoms with Crippen molar-refractivity contribution in [3.8, 4) is 22.9 Å². The van der Waals surface area contributed by atoms with Gasteiger partial charge in [-0.25, -0.2) is 24.3 Å². The summed E-state index contributed by atoms with van der Waals surface area (Å²) in [6.07, 6.45) is 3.24. The predicted molar refractivity (Wildman–Crippen MR) is 123 cm³/mol. The number of H-pyrrole nitrogens is 1. The zero-order chi connectivity index (χ0) is 22.6. The Kier molecular flexibility index (Phi) is 4.26. The molecule has 6 nitrogen and oxygen atoms in total. The Morgan fingerprint density at radius 3 is 2.52 bits per heavy atom. The van der Waals surface area contributed by atoms with Crippen molar-refractivity contribution in [1.29, 1.82) is 0 Å². The summed E-state index contributed by atoms with van der Waals surface area (Å²) in [4.78, 5) is 21.4. The van der Waals surface area contributed by atoms with E-state index in [1.807, 2.05) is 48.5 Å². The maximum absolute atomic E-state index is 14.9. The number of rotatable bonds is 3. The van der Waals surface area contributed by atoms with Gasteiger partial charge in [0.15, 0.2) is 22.9 Å². The Balaban J connectivity index is 1.55. The number of pyridine rings is 1. The second-order valence-corrected chi connectivity index (χ2v) is 8.69. The molecule has 0 spiro atoms. The molecule has 0 amide bonds. The first kappa shape index (κ1) is 19.5. The maximum atomic E-state index is 14.9. The van der Waals surface area contributed by atoms with Crippen molar-refractivity contribution in [3.63, 3.8) is 0 Å². The van der Waals surface area contributed by atoms with Gasteiger partial charge in [0.25, 0.3) is 0 Å². The highest BCUT2D eigenvalue weighted by atomic mass is 19.1. The summed E-state index contributed by atoms with van der Waals surface area (Å²) in [7, 11) is 0. The molecule has 6 rings (SSSR count). The molecular formula is C26H20FN5O. The van der Waals surface area contributed by atoms with Gasteiger partial charge in [-0.05, 0) is 12.1 Å². The molecule has 1 N–H and O–H groups in total. The highest BCUT2D eigenvalue weighted by Crippen LogP contribution is 2.52. The Hall–Kier alpha value is -4.13. The van der Waals surface area contributed by atoms with Crippen molar-refractivity contribution in [2.75, 3.05) is 0 Å². The second kappa shape index (κ2) is 7.20. The number of aromatic amines is 1. The van der Waals surface area contributed by atoms with Crippen LogP contribution in [0.3, 0.4) is 0 Å². The van der Waals surface area contributed by atoms with Crippen LogP contribution >= 0.6 is 0 Å². The Morgan fingerprint density at radius 2 is 1.70 bits per heavy atom. The van der Waals surface area contributed by atoms with E-state index in [2.05, 4.69) is 28.8 Å². The third-order valence-electron chi connectivity index (χ3n) is 6.24. The molecule has 0 saturated carbocycles. The quantitative estimate of drug-likeness (QED) is 0.388. The average Bonchev–Trinajstić information content (AvgIpc) is 3.29. The molecule has 1 unspecified atom stereocenters. The number of imidazole rings is 1. The minimum Gasteiger partial charge on any atom is -0.435 e. The first-order valence-corrected chi connectivity index (χ1v) is 10.7. The summed E-state index contributed by atoms with van der Waals surface area (Å²) in [5.74, 6) is 0.639. The van der Waals surface area contributed by atoms with Crippen molar-refractivity contribution in [2.45, 2.75) is 25.2 Å². The van der Waals surface area contributed by atoms with E-state index >= 15 is 0 Å². The number of halogens is 1.